The molecule has 0 bridgehead atoms. The average Bonchev–Trinajstić information content (AvgIpc) is 2.85. The van der Waals surface area contributed by atoms with Crippen LogP contribution in [0, 0.1) is 0 Å². The van der Waals surface area contributed by atoms with Crippen LogP contribution in [0.4, 0.5) is 0 Å². The highest BCUT2D eigenvalue weighted by Crippen LogP contribution is 2.34. The molecule has 2 rings (SSSR count). The standard InChI is InChI=1S/C14H14Cl2N2O3S2/c1-2-17-14(19)10-5-3-9(4-6-10)8-18-23(20,21)11-7-12(15)22-13(11)16/h3-7,18H,2,8H2,1H3,(H,17,19). The second-order valence-electron chi connectivity index (χ2n) is 4.57. The summed E-state index contributed by atoms with van der Waals surface area (Å²) >= 11 is 12.6. The van der Waals surface area contributed by atoms with Gasteiger partial charge in [0, 0.05) is 18.7 Å². The van der Waals surface area contributed by atoms with E-state index in [2.05, 4.69) is 10.0 Å². The fourth-order valence-corrected chi connectivity index (χ4v) is 4.97. The van der Waals surface area contributed by atoms with Crippen molar-refractivity contribution in [2.75, 3.05) is 6.54 Å². The molecule has 0 atom stereocenters. The summed E-state index contributed by atoms with van der Waals surface area (Å²) in [5.74, 6) is -0.167. The Bertz CT molecular complexity index is 802. The number of rotatable bonds is 6. The summed E-state index contributed by atoms with van der Waals surface area (Å²) in [6.07, 6.45) is 0. The zero-order valence-corrected chi connectivity index (χ0v) is 15.2. The highest BCUT2D eigenvalue weighted by Gasteiger charge is 2.20. The van der Waals surface area contributed by atoms with Gasteiger partial charge in [-0.15, -0.1) is 11.3 Å². The lowest BCUT2D eigenvalue weighted by Crippen LogP contribution is -2.24. The Morgan fingerprint density at radius 2 is 1.87 bits per heavy atom. The molecule has 0 saturated carbocycles. The average molecular weight is 393 g/mol. The molecule has 0 aliphatic heterocycles. The summed E-state index contributed by atoms with van der Waals surface area (Å²) in [5, 5.41) is 2.69. The first-order valence-corrected chi connectivity index (χ1v) is 9.70. The number of amides is 1. The van der Waals surface area contributed by atoms with E-state index in [4.69, 9.17) is 23.2 Å². The van der Waals surface area contributed by atoms with Crippen molar-refractivity contribution >= 4 is 50.5 Å². The number of hydrogen-bond donors (Lipinski definition) is 2. The van der Waals surface area contributed by atoms with Gasteiger partial charge < -0.3 is 5.32 Å². The molecule has 0 unspecified atom stereocenters. The quantitative estimate of drug-likeness (QED) is 0.791. The highest BCUT2D eigenvalue weighted by atomic mass is 35.5. The summed E-state index contributed by atoms with van der Waals surface area (Å²) in [4.78, 5) is 11.6. The highest BCUT2D eigenvalue weighted by molar-refractivity contribution is 7.89. The molecule has 0 radical (unpaired) electrons. The van der Waals surface area contributed by atoms with E-state index in [0.717, 1.165) is 16.9 Å². The van der Waals surface area contributed by atoms with Crippen molar-refractivity contribution in [3.63, 3.8) is 0 Å². The van der Waals surface area contributed by atoms with Gasteiger partial charge in [0.05, 0.1) is 4.34 Å². The number of benzene rings is 1. The van der Waals surface area contributed by atoms with Crippen LogP contribution in [0.15, 0.2) is 35.2 Å². The predicted molar refractivity (Wildman–Crippen MR) is 92.8 cm³/mol. The van der Waals surface area contributed by atoms with Gasteiger partial charge in [0.25, 0.3) is 5.91 Å². The molecule has 0 aliphatic carbocycles. The fourth-order valence-electron chi connectivity index (χ4n) is 1.80. The zero-order valence-electron chi connectivity index (χ0n) is 12.1. The topological polar surface area (TPSA) is 75.3 Å². The van der Waals surface area contributed by atoms with Gasteiger partial charge in [0.1, 0.15) is 9.23 Å². The van der Waals surface area contributed by atoms with Crippen molar-refractivity contribution in [3.8, 4) is 0 Å². The minimum absolute atomic E-state index is 0.0342. The van der Waals surface area contributed by atoms with E-state index in [1.54, 1.807) is 24.3 Å². The lowest BCUT2D eigenvalue weighted by atomic mass is 10.1. The van der Waals surface area contributed by atoms with Gasteiger partial charge in [-0.2, -0.15) is 0 Å². The van der Waals surface area contributed by atoms with Gasteiger partial charge in [0.15, 0.2) is 0 Å². The first-order valence-electron chi connectivity index (χ1n) is 6.65. The van der Waals surface area contributed by atoms with Gasteiger partial charge in [0.2, 0.25) is 10.0 Å². The van der Waals surface area contributed by atoms with Gasteiger partial charge in [-0.3, -0.25) is 4.79 Å². The minimum Gasteiger partial charge on any atom is -0.352 e. The van der Waals surface area contributed by atoms with Crippen molar-refractivity contribution in [3.05, 3.63) is 50.1 Å². The summed E-state index contributed by atoms with van der Waals surface area (Å²) in [5.41, 5.74) is 1.24. The number of halogens is 2. The maximum absolute atomic E-state index is 12.2. The van der Waals surface area contributed by atoms with Gasteiger partial charge >= 0.3 is 0 Å². The molecular formula is C14H14Cl2N2O3S2. The number of carbonyl (C=O) groups excluding carboxylic acids is 1. The summed E-state index contributed by atoms with van der Waals surface area (Å²) < 4.78 is 27.3. The molecule has 1 heterocycles. The Hall–Kier alpha value is -1.12. The first kappa shape index (κ1) is 18.2. The molecule has 0 fully saturated rings. The van der Waals surface area contributed by atoms with Crippen LogP contribution in [0.3, 0.4) is 0 Å². The third-order valence-corrected chi connectivity index (χ3v) is 6.09. The minimum atomic E-state index is -3.74. The maximum atomic E-state index is 12.2. The lowest BCUT2D eigenvalue weighted by molar-refractivity contribution is 0.0956. The van der Waals surface area contributed by atoms with E-state index >= 15 is 0 Å². The second kappa shape index (κ2) is 7.63. The maximum Gasteiger partial charge on any atom is 0.251 e. The molecule has 1 amide bonds. The molecule has 1 aromatic carbocycles. The summed E-state index contributed by atoms with van der Waals surface area (Å²) in [7, 11) is -3.74. The van der Waals surface area contributed by atoms with Gasteiger partial charge in [-0.1, -0.05) is 35.3 Å². The van der Waals surface area contributed by atoms with Crippen molar-refractivity contribution in [2.24, 2.45) is 0 Å². The smallest absolute Gasteiger partial charge is 0.251 e. The van der Waals surface area contributed by atoms with Crippen LogP contribution in [-0.4, -0.2) is 20.9 Å². The molecule has 5 nitrogen and oxygen atoms in total. The molecule has 23 heavy (non-hydrogen) atoms. The van der Waals surface area contributed by atoms with E-state index in [1.807, 2.05) is 6.92 Å². The Balaban J connectivity index is 2.06. The van der Waals surface area contributed by atoms with E-state index in [0.29, 0.717) is 16.4 Å². The van der Waals surface area contributed by atoms with Crippen LogP contribution in [0.1, 0.15) is 22.8 Å². The lowest BCUT2D eigenvalue weighted by Gasteiger charge is -2.07. The Kier molecular flexibility index (Phi) is 6.05. The number of thiophene rings is 1. The molecule has 9 heteroatoms. The van der Waals surface area contributed by atoms with Crippen LogP contribution in [0.2, 0.25) is 8.67 Å². The number of carbonyl (C=O) groups is 1. The van der Waals surface area contributed by atoms with Crippen LogP contribution in [-0.2, 0) is 16.6 Å². The number of nitrogens with one attached hydrogen (secondary N) is 2. The molecular weight excluding hydrogens is 379 g/mol. The van der Waals surface area contributed by atoms with Crippen LogP contribution >= 0.6 is 34.5 Å². The van der Waals surface area contributed by atoms with Crippen LogP contribution in [0.25, 0.3) is 0 Å². The van der Waals surface area contributed by atoms with E-state index in [1.165, 1.54) is 6.07 Å². The Labute approximate surface area is 148 Å². The largest absolute Gasteiger partial charge is 0.352 e. The molecule has 1 aromatic heterocycles. The third-order valence-electron chi connectivity index (χ3n) is 2.93. The normalized spacial score (nSPS) is 11.4. The molecule has 0 saturated heterocycles. The second-order valence-corrected chi connectivity index (χ2v) is 8.59. The van der Waals surface area contributed by atoms with Crippen LogP contribution in [0.5, 0.6) is 0 Å². The van der Waals surface area contributed by atoms with E-state index in [-0.39, 0.29) is 21.7 Å². The molecule has 0 aliphatic rings. The van der Waals surface area contributed by atoms with Gasteiger partial charge in [-0.05, 0) is 30.7 Å². The molecule has 2 N–H and O–H groups in total. The van der Waals surface area contributed by atoms with Crippen molar-refractivity contribution in [1.82, 2.24) is 10.0 Å². The zero-order chi connectivity index (χ0) is 17.0. The summed E-state index contributed by atoms with van der Waals surface area (Å²) in [6.45, 7) is 2.47. The SMILES string of the molecule is CCNC(=O)c1ccc(CNS(=O)(=O)c2cc(Cl)sc2Cl)cc1. The number of sulfonamides is 1. The van der Waals surface area contributed by atoms with Crippen molar-refractivity contribution in [2.45, 2.75) is 18.4 Å². The Morgan fingerprint density at radius 1 is 1.22 bits per heavy atom. The monoisotopic (exact) mass is 392 g/mol. The van der Waals surface area contributed by atoms with Gasteiger partial charge in [-0.25, -0.2) is 13.1 Å². The predicted octanol–water partition coefficient (Wildman–Crippen LogP) is 3.28. The summed E-state index contributed by atoms with van der Waals surface area (Å²) in [6, 6.07) is 7.98. The third kappa shape index (κ3) is 4.68. The van der Waals surface area contributed by atoms with Crippen molar-refractivity contribution < 1.29 is 13.2 Å². The van der Waals surface area contributed by atoms with E-state index in [9.17, 15) is 13.2 Å². The van der Waals surface area contributed by atoms with Crippen molar-refractivity contribution in [1.29, 1.82) is 0 Å². The first-order chi connectivity index (χ1) is 10.8. The number of hydrogen-bond acceptors (Lipinski definition) is 4. The van der Waals surface area contributed by atoms with E-state index < -0.39 is 10.0 Å². The molecule has 124 valence electrons. The Morgan fingerprint density at radius 3 is 2.39 bits per heavy atom. The van der Waals surface area contributed by atoms with Crippen LogP contribution < -0.4 is 10.0 Å². The fraction of sp³-hybridized carbons (Fsp3) is 0.214. The molecule has 2 aromatic rings. The molecule has 0 spiro atoms.